The zero-order valence-electron chi connectivity index (χ0n) is 22.1. The molecular weight excluding hydrogens is 507 g/mol. The molecule has 8 nitrogen and oxygen atoms in total. The summed E-state index contributed by atoms with van der Waals surface area (Å²) >= 11 is 0. The highest BCUT2D eigenvalue weighted by Crippen LogP contribution is 2.34. The molecule has 1 aliphatic rings. The van der Waals surface area contributed by atoms with E-state index < -0.39 is 17.6 Å². The van der Waals surface area contributed by atoms with Crippen LogP contribution in [-0.2, 0) is 31.0 Å². The lowest BCUT2D eigenvalue weighted by Crippen LogP contribution is -2.44. The third-order valence-corrected chi connectivity index (χ3v) is 6.96. The SMILES string of the molecule is Cc1ncc2cc(-c3cc(CC(=O)Nc4ccc(CN5CCN(C)CC5)c(C(F)(F)F)c4)nn3C)ccc2n1. The van der Waals surface area contributed by atoms with Crippen LogP contribution in [0.25, 0.3) is 22.2 Å². The number of fused-ring (bicyclic) bond motifs is 1. The predicted octanol–water partition coefficient (Wildman–Crippen LogP) is 4.29. The molecule has 2 aromatic heterocycles. The summed E-state index contributed by atoms with van der Waals surface area (Å²) in [7, 11) is 3.78. The van der Waals surface area contributed by atoms with E-state index in [0.29, 0.717) is 24.6 Å². The summed E-state index contributed by atoms with van der Waals surface area (Å²) in [5.41, 5.74) is 2.62. The van der Waals surface area contributed by atoms with Crippen LogP contribution in [0.1, 0.15) is 22.6 Å². The predicted molar refractivity (Wildman–Crippen MR) is 143 cm³/mol. The Labute approximate surface area is 224 Å². The van der Waals surface area contributed by atoms with E-state index in [0.717, 1.165) is 41.3 Å². The van der Waals surface area contributed by atoms with Gasteiger partial charge in [-0.2, -0.15) is 18.3 Å². The summed E-state index contributed by atoms with van der Waals surface area (Å²) in [5.74, 6) is 0.248. The maximum atomic E-state index is 13.9. The van der Waals surface area contributed by atoms with E-state index in [1.54, 1.807) is 24.0 Å². The van der Waals surface area contributed by atoms with Gasteiger partial charge in [0.05, 0.1) is 28.9 Å². The first-order chi connectivity index (χ1) is 18.5. The van der Waals surface area contributed by atoms with Gasteiger partial charge >= 0.3 is 6.18 Å². The molecule has 204 valence electrons. The van der Waals surface area contributed by atoms with Crippen molar-refractivity contribution < 1.29 is 18.0 Å². The van der Waals surface area contributed by atoms with Gasteiger partial charge in [-0.15, -0.1) is 0 Å². The van der Waals surface area contributed by atoms with Gasteiger partial charge in [-0.25, -0.2) is 9.97 Å². The summed E-state index contributed by atoms with van der Waals surface area (Å²) in [4.78, 5) is 25.6. The number of halogens is 3. The number of likely N-dealkylation sites (N-methyl/N-ethyl adjacent to an activating group) is 1. The molecule has 4 aromatic rings. The van der Waals surface area contributed by atoms with Crippen molar-refractivity contribution in [3.05, 3.63) is 71.3 Å². The van der Waals surface area contributed by atoms with Gasteiger partial charge in [0.25, 0.3) is 0 Å². The molecular formula is C28H30F3N7O. The topological polar surface area (TPSA) is 79.2 Å². The number of alkyl halides is 3. The fourth-order valence-corrected chi connectivity index (χ4v) is 4.84. The van der Waals surface area contributed by atoms with Gasteiger partial charge in [-0.1, -0.05) is 12.1 Å². The van der Waals surface area contributed by atoms with E-state index in [9.17, 15) is 18.0 Å². The zero-order valence-corrected chi connectivity index (χ0v) is 22.1. The van der Waals surface area contributed by atoms with Crippen LogP contribution in [-0.4, -0.2) is 68.7 Å². The molecule has 3 heterocycles. The number of rotatable bonds is 6. The summed E-state index contributed by atoms with van der Waals surface area (Å²) < 4.78 is 43.4. The van der Waals surface area contributed by atoms with Crippen molar-refractivity contribution >= 4 is 22.5 Å². The van der Waals surface area contributed by atoms with Crippen LogP contribution in [0.3, 0.4) is 0 Å². The molecule has 0 bridgehead atoms. The highest BCUT2D eigenvalue weighted by Gasteiger charge is 2.34. The first-order valence-corrected chi connectivity index (χ1v) is 12.7. The van der Waals surface area contributed by atoms with Crippen LogP contribution in [0.2, 0.25) is 0 Å². The van der Waals surface area contributed by atoms with Crippen LogP contribution < -0.4 is 5.32 Å². The first kappa shape index (κ1) is 26.8. The van der Waals surface area contributed by atoms with Crippen molar-refractivity contribution in [2.24, 2.45) is 7.05 Å². The van der Waals surface area contributed by atoms with E-state index in [1.165, 1.54) is 12.1 Å². The Morgan fingerprint density at radius 3 is 2.54 bits per heavy atom. The third kappa shape index (κ3) is 6.26. The van der Waals surface area contributed by atoms with E-state index in [2.05, 4.69) is 25.3 Å². The molecule has 1 amide bonds. The summed E-state index contributed by atoms with van der Waals surface area (Å²) in [6, 6.07) is 11.6. The maximum Gasteiger partial charge on any atom is 0.416 e. The van der Waals surface area contributed by atoms with E-state index in [-0.39, 0.29) is 24.2 Å². The lowest BCUT2D eigenvalue weighted by Gasteiger charge is -2.33. The van der Waals surface area contributed by atoms with Gasteiger partial charge in [-0.3, -0.25) is 14.4 Å². The molecule has 11 heteroatoms. The molecule has 0 aliphatic carbocycles. The van der Waals surface area contributed by atoms with Gasteiger partial charge in [0, 0.05) is 62.6 Å². The fraction of sp³-hybridized carbons (Fsp3) is 0.357. The van der Waals surface area contributed by atoms with Crippen molar-refractivity contribution in [1.82, 2.24) is 29.5 Å². The quantitative estimate of drug-likeness (QED) is 0.396. The average Bonchev–Trinajstić information content (AvgIpc) is 3.24. The Hall–Kier alpha value is -3.83. The van der Waals surface area contributed by atoms with Crippen molar-refractivity contribution in [2.45, 2.75) is 26.1 Å². The molecule has 5 rings (SSSR count). The largest absolute Gasteiger partial charge is 0.416 e. The molecule has 0 spiro atoms. The normalized spacial score (nSPS) is 15.1. The van der Waals surface area contributed by atoms with Crippen LogP contribution in [0.15, 0.2) is 48.7 Å². The number of piperazine rings is 1. The number of benzene rings is 2. The van der Waals surface area contributed by atoms with Crippen LogP contribution >= 0.6 is 0 Å². The molecule has 0 radical (unpaired) electrons. The van der Waals surface area contributed by atoms with Gasteiger partial charge < -0.3 is 10.2 Å². The Balaban J connectivity index is 1.29. The zero-order chi connectivity index (χ0) is 27.7. The number of aryl methyl sites for hydroxylation is 2. The van der Waals surface area contributed by atoms with Gasteiger partial charge in [-0.05, 0) is 49.9 Å². The van der Waals surface area contributed by atoms with Gasteiger partial charge in [0.15, 0.2) is 0 Å². The van der Waals surface area contributed by atoms with Crippen molar-refractivity contribution in [3.63, 3.8) is 0 Å². The second-order valence-electron chi connectivity index (χ2n) is 10.0. The molecule has 1 aliphatic heterocycles. The monoisotopic (exact) mass is 537 g/mol. The van der Waals surface area contributed by atoms with Crippen molar-refractivity contribution in [2.75, 3.05) is 38.5 Å². The lowest BCUT2D eigenvalue weighted by atomic mass is 10.0. The molecule has 39 heavy (non-hydrogen) atoms. The molecule has 0 saturated carbocycles. The van der Waals surface area contributed by atoms with E-state index in [1.807, 2.05) is 37.1 Å². The number of carbonyl (C=O) groups excluding carboxylic acids is 1. The summed E-state index contributed by atoms with van der Waals surface area (Å²) in [6.07, 6.45) is -2.84. The number of hydrogen-bond acceptors (Lipinski definition) is 6. The molecule has 2 aromatic carbocycles. The van der Waals surface area contributed by atoms with E-state index >= 15 is 0 Å². The number of anilines is 1. The Bertz CT molecular complexity index is 1510. The number of carbonyl (C=O) groups is 1. The van der Waals surface area contributed by atoms with Crippen molar-refractivity contribution in [1.29, 1.82) is 0 Å². The van der Waals surface area contributed by atoms with Crippen LogP contribution in [0, 0.1) is 6.92 Å². The average molecular weight is 538 g/mol. The van der Waals surface area contributed by atoms with Gasteiger partial charge in [0.1, 0.15) is 5.82 Å². The third-order valence-electron chi connectivity index (χ3n) is 6.96. The molecule has 0 atom stereocenters. The minimum absolute atomic E-state index is 0.0753. The summed E-state index contributed by atoms with van der Waals surface area (Å²) in [6.45, 7) is 5.11. The second-order valence-corrected chi connectivity index (χ2v) is 10.0. The van der Waals surface area contributed by atoms with Crippen LogP contribution in [0.5, 0.6) is 0 Å². The number of aromatic nitrogens is 4. The highest BCUT2D eigenvalue weighted by molar-refractivity contribution is 5.92. The smallest absolute Gasteiger partial charge is 0.326 e. The van der Waals surface area contributed by atoms with Crippen molar-refractivity contribution in [3.8, 4) is 11.3 Å². The van der Waals surface area contributed by atoms with Gasteiger partial charge in [0.2, 0.25) is 5.91 Å². The molecule has 0 unspecified atom stereocenters. The summed E-state index contributed by atoms with van der Waals surface area (Å²) in [5, 5.41) is 7.94. The van der Waals surface area contributed by atoms with E-state index in [4.69, 9.17) is 0 Å². The number of amides is 1. The standard InChI is InChI=1S/C28H30F3N7O/c1-18-32-16-21-12-19(5-7-25(21)33-18)26-14-23(35-37(26)3)15-27(39)34-22-6-4-20(24(13-22)28(29,30)31)17-38-10-8-36(2)9-11-38/h4-7,12-14,16H,8-11,15,17H2,1-3H3,(H,34,39). The Kier molecular flexibility index (Phi) is 7.37. The minimum Gasteiger partial charge on any atom is -0.326 e. The number of nitrogens with zero attached hydrogens (tertiary/aromatic N) is 6. The number of nitrogens with one attached hydrogen (secondary N) is 1. The Morgan fingerprint density at radius 2 is 1.79 bits per heavy atom. The first-order valence-electron chi connectivity index (χ1n) is 12.7. The fourth-order valence-electron chi connectivity index (χ4n) is 4.84. The maximum absolute atomic E-state index is 13.9. The minimum atomic E-state index is -4.53. The van der Waals surface area contributed by atoms with Crippen LogP contribution in [0.4, 0.5) is 18.9 Å². The molecule has 1 saturated heterocycles. The molecule has 1 N–H and O–H groups in total. The highest BCUT2D eigenvalue weighted by atomic mass is 19.4. The molecule has 1 fully saturated rings. The Morgan fingerprint density at radius 1 is 1.03 bits per heavy atom. The number of hydrogen-bond donors (Lipinski definition) is 1. The second kappa shape index (κ2) is 10.7. The lowest BCUT2D eigenvalue weighted by molar-refractivity contribution is -0.138.